The molecule has 0 N–H and O–H groups in total. The Morgan fingerprint density at radius 2 is 2.07 bits per heavy atom. The molecule has 0 fully saturated rings. The molecule has 2 heteroatoms. The van der Waals surface area contributed by atoms with Crippen molar-refractivity contribution < 1.29 is 4.74 Å². The highest BCUT2D eigenvalue weighted by Crippen LogP contribution is 2.11. The van der Waals surface area contributed by atoms with Crippen LogP contribution in [0.4, 0.5) is 0 Å². The van der Waals surface area contributed by atoms with Crippen molar-refractivity contribution in [1.29, 1.82) is 0 Å². The van der Waals surface area contributed by atoms with Crippen LogP contribution in [0.5, 0.6) is 5.75 Å². The van der Waals surface area contributed by atoms with E-state index in [-0.39, 0.29) is 0 Å². The summed E-state index contributed by atoms with van der Waals surface area (Å²) in [5, 5.41) is 0.348. The lowest BCUT2D eigenvalue weighted by Crippen LogP contribution is -1.94. The Labute approximate surface area is 95.7 Å². The van der Waals surface area contributed by atoms with Gasteiger partial charge in [0.15, 0.2) is 0 Å². The molecule has 0 aliphatic heterocycles. The number of hydrogen-bond acceptors (Lipinski definition) is 1. The highest BCUT2D eigenvalue weighted by Gasteiger charge is 1.92. The maximum atomic E-state index is 5.53. The van der Waals surface area contributed by atoms with E-state index in [2.05, 4.69) is 25.3 Å². The monoisotopic (exact) mass is 220 g/mol. The van der Waals surface area contributed by atoms with Crippen molar-refractivity contribution in [1.82, 2.24) is 0 Å². The standard InChI is InChI=1S/C13H13ClO/c1-3-10-15-13-8-6-12(7-9-13)5-4-11(2)14/h6-9H,2-3,10H2,1H3. The predicted molar refractivity (Wildman–Crippen MR) is 64.1 cm³/mol. The Hall–Kier alpha value is -1.39. The Morgan fingerprint density at radius 1 is 1.40 bits per heavy atom. The van der Waals surface area contributed by atoms with Crippen LogP contribution >= 0.6 is 11.6 Å². The molecular weight excluding hydrogens is 208 g/mol. The molecule has 78 valence electrons. The lowest BCUT2D eigenvalue weighted by Gasteiger charge is -2.03. The summed E-state index contributed by atoms with van der Waals surface area (Å²) in [4.78, 5) is 0. The average Bonchev–Trinajstić information content (AvgIpc) is 2.25. The van der Waals surface area contributed by atoms with Gasteiger partial charge in [0.2, 0.25) is 0 Å². The van der Waals surface area contributed by atoms with Gasteiger partial charge in [0.05, 0.1) is 11.6 Å². The smallest absolute Gasteiger partial charge is 0.119 e. The van der Waals surface area contributed by atoms with Crippen molar-refractivity contribution in [3.63, 3.8) is 0 Å². The third-order valence-corrected chi connectivity index (χ3v) is 1.76. The molecule has 0 aliphatic rings. The number of halogens is 1. The summed E-state index contributed by atoms with van der Waals surface area (Å²) in [5.41, 5.74) is 0.903. The summed E-state index contributed by atoms with van der Waals surface area (Å²) in [6, 6.07) is 7.60. The van der Waals surface area contributed by atoms with E-state index in [1.54, 1.807) is 0 Å². The van der Waals surface area contributed by atoms with Gasteiger partial charge in [-0.2, -0.15) is 0 Å². The normalized spacial score (nSPS) is 8.93. The minimum atomic E-state index is 0.348. The molecule has 1 rings (SSSR count). The molecule has 0 heterocycles. The van der Waals surface area contributed by atoms with E-state index in [1.807, 2.05) is 24.3 Å². The molecule has 0 radical (unpaired) electrons. The van der Waals surface area contributed by atoms with E-state index >= 15 is 0 Å². The van der Waals surface area contributed by atoms with Crippen LogP contribution in [-0.2, 0) is 0 Å². The molecule has 0 atom stereocenters. The SMILES string of the molecule is C=C(Cl)C#Cc1ccc(OCCC)cc1. The van der Waals surface area contributed by atoms with Gasteiger partial charge in [-0.3, -0.25) is 0 Å². The highest BCUT2D eigenvalue weighted by atomic mass is 35.5. The Kier molecular flexibility index (Phi) is 4.80. The predicted octanol–water partition coefficient (Wildman–Crippen LogP) is 3.58. The van der Waals surface area contributed by atoms with Crippen LogP contribution in [0.15, 0.2) is 35.9 Å². The molecular formula is C13H13ClO. The van der Waals surface area contributed by atoms with Gasteiger partial charge >= 0.3 is 0 Å². The van der Waals surface area contributed by atoms with E-state index in [9.17, 15) is 0 Å². The van der Waals surface area contributed by atoms with E-state index in [0.717, 1.165) is 24.3 Å². The molecule has 15 heavy (non-hydrogen) atoms. The number of ether oxygens (including phenoxy) is 1. The summed E-state index contributed by atoms with van der Waals surface area (Å²) < 4.78 is 5.44. The Balaban J connectivity index is 2.65. The van der Waals surface area contributed by atoms with Gasteiger partial charge in [-0.15, -0.1) is 0 Å². The molecule has 1 aromatic rings. The minimum absolute atomic E-state index is 0.348. The van der Waals surface area contributed by atoms with Gasteiger partial charge in [0.1, 0.15) is 5.75 Å². The van der Waals surface area contributed by atoms with Crippen LogP contribution in [0, 0.1) is 11.8 Å². The molecule has 1 nitrogen and oxygen atoms in total. The van der Waals surface area contributed by atoms with Gasteiger partial charge in [0.25, 0.3) is 0 Å². The first kappa shape index (κ1) is 11.7. The topological polar surface area (TPSA) is 9.23 Å². The van der Waals surface area contributed by atoms with Crippen LogP contribution < -0.4 is 4.74 Å². The molecule has 0 amide bonds. The third-order valence-electron chi connectivity index (χ3n) is 1.67. The second-order valence-electron chi connectivity index (χ2n) is 3.03. The zero-order valence-electron chi connectivity index (χ0n) is 8.72. The van der Waals surface area contributed by atoms with Crippen molar-refractivity contribution >= 4 is 11.6 Å². The van der Waals surface area contributed by atoms with Gasteiger partial charge in [-0.1, -0.05) is 31.0 Å². The van der Waals surface area contributed by atoms with Crippen LogP contribution in [0.1, 0.15) is 18.9 Å². The largest absolute Gasteiger partial charge is 0.494 e. The fourth-order valence-corrected chi connectivity index (χ4v) is 1.04. The first-order valence-corrected chi connectivity index (χ1v) is 5.19. The zero-order valence-corrected chi connectivity index (χ0v) is 9.47. The number of rotatable bonds is 3. The number of benzene rings is 1. The van der Waals surface area contributed by atoms with Gasteiger partial charge in [0, 0.05) is 5.56 Å². The Bertz CT molecular complexity index is 381. The summed E-state index contributed by atoms with van der Waals surface area (Å²) >= 11 is 5.53. The van der Waals surface area contributed by atoms with Crippen molar-refractivity contribution in [3.8, 4) is 17.6 Å². The van der Waals surface area contributed by atoms with Gasteiger partial charge in [-0.25, -0.2) is 0 Å². The maximum Gasteiger partial charge on any atom is 0.119 e. The van der Waals surface area contributed by atoms with Crippen molar-refractivity contribution in [2.75, 3.05) is 6.61 Å². The molecule has 0 aromatic heterocycles. The molecule has 0 unspecified atom stereocenters. The van der Waals surface area contributed by atoms with Gasteiger partial charge < -0.3 is 4.74 Å². The average molecular weight is 221 g/mol. The summed E-state index contributed by atoms with van der Waals surface area (Å²) in [6.07, 6.45) is 1.01. The van der Waals surface area contributed by atoms with Crippen LogP contribution in [0.3, 0.4) is 0 Å². The quantitative estimate of drug-likeness (QED) is 0.708. The first-order chi connectivity index (χ1) is 7.22. The molecule has 0 aliphatic carbocycles. The summed E-state index contributed by atoms with van der Waals surface area (Å²) in [5.74, 6) is 6.46. The van der Waals surface area contributed by atoms with Crippen LogP contribution in [0.2, 0.25) is 0 Å². The third kappa shape index (κ3) is 4.58. The molecule has 0 saturated carbocycles. The first-order valence-electron chi connectivity index (χ1n) is 4.81. The maximum absolute atomic E-state index is 5.53. The Morgan fingerprint density at radius 3 is 2.60 bits per heavy atom. The van der Waals surface area contributed by atoms with Crippen LogP contribution in [-0.4, -0.2) is 6.61 Å². The summed E-state index contributed by atoms with van der Waals surface area (Å²) in [6.45, 7) is 6.31. The molecule has 0 spiro atoms. The fraction of sp³-hybridized carbons (Fsp3) is 0.231. The van der Waals surface area contributed by atoms with Crippen molar-refractivity contribution in [2.45, 2.75) is 13.3 Å². The minimum Gasteiger partial charge on any atom is -0.494 e. The number of hydrogen-bond donors (Lipinski definition) is 0. The van der Waals surface area contributed by atoms with Crippen molar-refractivity contribution in [2.24, 2.45) is 0 Å². The number of allylic oxidation sites excluding steroid dienone is 1. The summed E-state index contributed by atoms with van der Waals surface area (Å²) in [7, 11) is 0. The second-order valence-corrected chi connectivity index (χ2v) is 3.48. The van der Waals surface area contributed by atoms with E-state index in [0.29, 0.717) is 5.03 Å². The second kappa shape index (κ2) is 6.16. The van der Waals surface area contributed by atoms with Gasteiger partial charge in [-0.05, 0) is 36.6 Å². The highest BCUT2D eigenvalue weighted by molar-refractivity contribution is 6.31. The fourth-order valence-electron chi connectivity index (χ4n) is 0.994. The molecule has 0 saturated heterocycles. The van der Waals surface area contributed by atoms with Crippen molar-refractivity contribution in [3.05, 3.63) is 41.4 Å². The van der Waals surface area contributed by atoms with E-state index < -0.39 is 0 Å². The molecule has 0 bridgehead atoms. The van der Waals surface area contributed by atoms with E-state index in [1.165, 1.54) is 0 Å². The zero-order chi connectivity index (χ0) is 11.1. The lowest BCUT2D eigenvalue weighted by molar-refractivity contribution is 0.317. The van der Waals surface area contributed by atoms with Crippen LogP contribution in [0.25, 0.3) is 0 Å². The van der Waals surface area contributed by atoms with E-state index in [4.69, 9.17) is 16.3 Å². The molecule has 1 aromatic carbocycles. The lowest BCUT2D eigenvalue weighted by atomic mass is 10.2.